The second kappa shape index (κ2) is 15.1. The van der Waals surface area contributed by atoms with Gasteiger partial charge in [-0.25, -0.2) is 0 Å². The molecule has 0 saturated heterocycles. The highest BCUT2D eigenvalue weighted by Gasteiger charge is 2.35. The van der Waals surface area contributed by atoms with Crippen molar-refractivity contribution in [2.45, 2.75) is 20.8 Å². The minimum Gasteiger partial charge on any atom is -0.0990 e. The Kier molecular flexibility index (Phi) is 8.82. The summed E-state index contributed by atoms with van der Waals surface area (Å²) in [5.74, 6) is 0. The first-order chi connectivity index (χ1) is 33.0. The highest BCUT2D eigenvalue weighted by atomic mass is 14.4. The second-order valence-electron chi connectivity index (χ2n) is 18.3. The van der Waals surface area contributed by atoms with Gasteiger partial charge in [0, 0.05) is 0 Å². The third-order valence-corrected chi connectivity index (χ3v) is 14.8. The third kappa shape index (κ3) is 5.66. The van der Waals surface area contributed by atoms with Gasteiger partial charge in [-0.3, -0.25) is 0 Å². The van der Waals surface area contributed by atoms with Crippen LogP contribution in [0.2, 0.25) is 0 Å². The summed E-state index contributed by atoms with van der Waals surface area (Å²) in [6.07, 6.45) is 8.50. The van der Waals surface area contributed by atoms with Crippen molar-refractivity contribution < 1.29 is 0 Å². The summed E-state index contributed by atoms with van der Waals surface area (Å²) >= 11 is 0. The van der Waals surface area contributed by atoms with Crippen LogP contribution in [0.25, 0.3) is 138 Å². The van der Waals surface area contributed by atoms with Crippen LogP contribution in [0.3, 0.4) is 0 Å². The molecule has 0 atom stereocenters. The van der Waals surface area contributed by atoms with Crippen LogP contribution in [0.15, 0.2) is 219 Å². The van der Waals surface area contributed by atoms with Crippen LogP contribution >= 0.6 is 0 Å². The lowest BCUT2D eigenvalue weighted by atomic mass is 9.81. The zero-order valence-corrected chi connectivity index (χ0v) is 37.9. The first-order valence-electron chi connectivity index (χ1n) is 23.5. The molecule has 0 heteroatoms. The van der Waals surface area contributed by atoms with Crippen molar-refractivity contribution >= 4 is 48.7 Å². The Hall–Kier alpha value is -8.32. The average molecular weight is 851 g/mol. The summed E-state index contributed by atoms with van der Waals surface area (Å²) in [6.45, 7) is 11.0. The Morgan fingerprint density at radius 1 is 0.373 bits per heavy atom. The molecule has 13 rings (SSSR count). The standard InChI is InChI=1S/C67H46/c1-5-20-44(21-6-2)62-51-32-17-18-33-52(51)64(50-31-16-15-29-48(50)43-24-11-8-12-25-43)58-38-55-53-34-35-54-65-59(61-41(4)40(3)60(66(53)67(54)61)56(55)39-57(58)62)37-46-26-13-14-30-49(46)63(65)47-28-19-27-45(36-47)42-22-9-7-10-23-42/h5-39H,1H2,2-4H3/b21-6-,44-20+. The van der Waals surface area contributed by atoms with E-state index < -0.39 is 0 Å². The molecule has 2 aliphatic carbocycles. The molecule has 0 fully saturated rings. The van der Waals surface area contributed by atoms with Gasteiger partial charge in [-0.2, -0.15) is 0 Å². The summed E-state index contributed by atoms with van der Waals surface area (Å²) in [5, 5.41) is 10.3. The highest BCUT2D eigenvalue weighted by molar-refractivity contribution is 6.32. The molecular formula is C67H46. The van der Waals surface area contributed by atoms with Gasteiger partial charge in [0.25, 0.3) is 0 Å². The van der Waals surface area contributed by atoms with E-state index in [0.717, 1.165) is 5.57 Å². The Morgan fingerprint density at radius 2 is 0.970 bits per heavy atom. The fraction of sp³-hybridized carbons (Fsp3) is 0.0448. The summed E-state index contributed by atoms with van der Waals surface area (Å²) in [4.78, 5) is 0. The molecule has 0 radical (unpaired) electrons. The van der Waals surface area contributed by atoms with Gasteiger partial charge in [-0.05, 0) is 199 Å². The smallest absolute Gasteiger partial charge is 0.00108 e. The van der Waals surface area contributed by atoms with Crippen LogP contribution < -0.4 is 0 Å². The quantitative estimate of drug-likeness (QED) is 0.111. The van der Waals surface area contributed by atoms with E-state index in [1.54, 1.807) is 0 Å². The predicted octanol–water partition coefficient (Wildman–Crippen LogP) is 19.0. The summed E-state index contributed by atoms with van der Waals surface area (Å²) < 4.78 is 0. The van der Waals surface area contributed by atoms with Crippen LogP contribution in [0.4, 0.5) is 0 Å². The Labute approximate surface area is 392 Å². The number of rotatable bonds is 7. The minimum absolute atomic E-state index is 1.15. The number of hydrogen-bond donors (Lipinski definition) is 0. The van der Waals surface area contributed by atoms with E-state index in [1.807, 2.05) is 6.08 Å². The van der Waals surface area contributed by atoms with Gasteiger partial charge < -0.3 is 0 Å². The SMILES string of the molecule is C=C/C=C(\C=C/C)c1c2ccccc2c(-c2ccccc2-c2ccccc2)c2cc3c(cc12)-c1c(C)c(C)c2c4c(ccc-3c14)-c1c-2cc2ccccc2c1-c1cccc(-c2ccccc2)c1. The molecule has 0 amide bonds. The molecule has 0 nitrogen and oxygen atoms in total. The van der Waals surface area contributed by atoms with E-state index in [9.17, 15) is 0 Å². The maximum atomic E-state index is 4.20. The fourth-order valence-corrected chi connectivity index (χ4v) is 11.9. The van der Waals surface area contributed by atoms with Gasteiger partial charge in [0.2, 0.25) is 0 Å². The van der Waals surface area contributed by atoms with Crippen LogP contribution in [0, 0.1) is 13.8 Å². The lowest BCUT2D eigenvalue weighted by Crippen LogP contribution is -1.96. The second-order valence-corrected chi connectivity index (χ2v) is 18.3. The van der Waals surface area contributed by atoms with Crippen molar-refractivity contribution in [1.82, 2.24) is 0 Å². The molecule has 11 aromatic rings. The fourth-order valence-electron chi connectivity index (χ4n) is 11.9. The number of benzene rings is 11. The average Bonchev–Trinajstić information content (AvgIpc) is 3.88. The summed E-state index contributed by atoms with van der Waals surface area (Å²) in [5.41, 5.74) is 25.7. The third-order valence-electron chi connectivity index (χ3n) is 14.8. The summed E-state index contributed by atoms with van der Waals surface area (Å²) in [6, 6.07) is 70.2. The van der Waals surface area contributed by atoms with Crippen molar-refractivity contribution in [3.05, 3.63) is 236 Å². The summed E-state index contributed by atoms with van der Waals surface area (Å²) in [7, 11) is 0. The van der Waals surface area contributed by atoms with Gasteiger partial charge in [0.1, 0.15) is 0 Å². The van der Waals surface area contributed by atoms with Gasteiger partial charge in [-0.1, -0.05) is 195 Å². The molecule has 0 saturated carbocycles. The molecule has 0 aromatic heterocycles. The van der Waals surface area contributed by atoms with Crippen molar-refractivity contribution in [3.8, 4) is 89.0 Å². The van der Waals surface area contributed by atoms with Crippen molar-refractivity contribution in [3.63, 3.8) is 0 Å². The van der Waals surface area contributed by atoms with Gasteiger partial charge in [0.05, 0.1) is 0 Å². The lowest BCUT2D eigenvalue weighted by Gasteiger charge is -2.21. The largest absolute Gasteiger partial charge is 0.0990 e. The van der Waals surface area contributed by atoms with E-state index in [2.05, 4.69) is 234 Å². The van der Waals surface area contributed by atoms with Crippen molar-refractivity contribution in [2.75, 3.05) is 0 Å². The molecule has 67 heavy (non-hydrogen) atoms. The zero-order chi connectivity index (χ0) is 44.9. The molecule has 0 spiro atoms. The maximum absolute atomic E-state index is 4.20. The molecule has 314 valence electrons. The van der Waals surface area contributed by atoms with E-state index in [1.165, 1.54) is 149 Å². The van der Waals surface area contributed by atoms with Gasteiger partial charge >= 0.3 is 0 Å². The number of fused-ring (bicyclic) bond motifs is 9. The van der Waals surface area contributed by atoms with Crippen LogP contribution in [-0.4, -0.2) is 0 Å². The lowest BCUT2D eigenvalue weighted by molar-refractivity contribution is 1.37. The van der Waals surface area contributed by atoms with Crippen LogP contribution in [-0.2, 0) is 0 Å². The molecule has 0 N–H and O–H groups in total. The molecule has 11 aromatic carbocycles. The molecular weight excluding hydrogens is 805 g/mol. The Morgan fingerprint density at radius 3 is 1.73 bits per heavy atom. The maximum Gasteiger partial charge on any atom is -0.00108 e. The highest BCUT2D eigenvalue weighted by Crippen LogP contribution is 2.62. The molecule has 0 bridgehead atoms. The first-order valence-corrected chi connectivity index (χ1v) is 23.5. The molecule has 0 heterocycles. The Bertz CT molecular complexity index is 3990. The molecule has 2 aliphatic rings. The number of hydrogen-bond acceptors (Lipinski definition) is 0. The molecule has 0 aliphatic heterocycles. The Balaban J connectivity index is 1.14. The van der Waals surface area contributed by atoms with Crippen molar-refractivity contribution in [2.24, 2.45) is 0 Å². The van der Waals surface area contributed by atoms with Gasteiger partial charge in [-0.15, -0.1) is 0 Å². The van der Waals surface area contributed by atoms with Crippen LogP contribution in [0.1, 0.15) is 23.6 Å². The van der Waals surface area contributed by atoms with Crippen molar-refractivity contribution in [1.29, 1.82) is 0 Å². The monoisotopic (exact) mass is 850 g/mol. The predicted molar refractivity (Wildman–Crippen MR) is 290 cm³/mol. The van der Waals surface area contributed by atoms with E-state index in [-0.39, 0.29) is 0 Å². The first kappa shape index (κ1) is 39.1. The zero-order valence-electron chi connectivity index (χ0n) is 37.9. The normalized spacial score (nSPS) is 12.5. The van der Waals surface area contributed by atoms with E-state index in [0.29, 0.717) is 0 Å². The number of allylic oxidation sites excluding steroid dienone is 5. The van der Waals surface area contributed by atoms with E-state index >= 15 is 0 Å². The van der Waals surface area contributed by atoms with Crippen LogP contribution in [0.5, 0.6) is 0 Å². The topological polar surface area (TPSA) is 0 Å². The van der Waals surface area contributed by atoms with Gasteiger partial charge in [0.15, 0.2) is 0 Å². The van der Waals surface area contributed by atoms with E-state index in [4.69, 9.17) is 0 Å². The minimum atomic E-state index is 1.15. The molecule has 0 unspecified atom stereocenters.